The maximum Gasteiger partial charge on any atom is 0.131 e. The predicted molar refractivity (Wildman–Crippen MR) is 74.0 cm³/mol. The van der Waals surface area contributed by atoms with E-state index in [9.17, 15) is 0 Å². The number of likely N-dealkylation sites (N-methyl/N-ethyl adjacent to an activating group) is 1. The first-order valence-electron chi connectivity index (χ1n) is 6.59. The van der Waals surface area contributed by atoms with E-state index >= 15 is 0 Å². The van der Waals surface area contributed by atoms with Crippen LogP contribution in [0.15, 0.2) is 12.3 Å². The zero-order valence-electron chi connectivity index (χ0n) is 11.6. The molecule has 1 fully saturated rings. The lowest BCUT2D eigenvalue weighted by molar-refractivity contribution is 0.206. The van der Waals surface area contributed by atoms with Crippen molar-refractivity contribution in [1.29, 1.82) is 0 Å². The van der Waals surface area contributed by atoms with Gasteiger partial charge in [-0.25, -0.2) is 4.98 Å². The molecule has 2 rings (SSSR count). The molecule has 0 spiro atoms. The van der Waals surface area contributed by atoms with Crippen LogP contribution in [0, 0.1) is 6.92 Å². The number of nitrogens with one attached hydrogen (secondary N) is 1. The Balaban J connectivity index is 1.94. The molecule has 1 heterocycles. The Bertz CT molecular complexity index is 391. The number of anilines is 1. The number of methoxy groups -OCH3 is 1. The van der Waals surface area contributed by atoms with Gasteiger partial charge in [0.1, 0.15) is 5.82 Å². The van der Waals surface area contributed by atoms with E-state index < -0.39 is 0 Å². The zero-order chi connectivity index (χ0) is 13.0. The first kappa shape index (κ1) is 13.3. The summed E-state index contributed by atoms with van der Waals surface area (Å²) in [6.45, 7) is 4.64. The smallest absolute Gasteiger partial charge is 0.131 e. The van der Waals surface area contributed by atoms with Crippen LogP contribution in [0.3, 0.4) is 0 Å². The van der Waals surface area contributed by atoms with Gasteiger partial charge in [0.15, 0.2) is 0 Å². The summed E-state index contributed by atoms with van der Waals surface area (Å²) in [6.07, 6.45) is 4.62. The van der Waals surface area contributed by atoms with E-state index in [1.54, 1.807) is 7.11 Å². The lowest BCUT2D eigenvalue weighted by Gasteiger charge is -2.20. The van der Waals surface area contributed by atoms with Crippen molar-refractivity contribution in [2.75, 3.05) is 32.2 Å². The minimum absolute atomic E-state index is 0.725. The van der Waals surface area contributed by atoms with Crippen LogP contribution >= 0.6 is 0 Å². The van der Waals surface area contributed by atoms with E-state index in [4.69, 9.17) is 4.74 Å². The predicted octanol–water partition coefficient (Wildman–Crippen LogP) is 1.72. The van der Waals surface area contributed by atoms with E-state index in [0.29, 0.717) is 0 Å². The molecule has 0 saturated heterocycles. The molecule has 1 saturated carbocycles. The number of rotatable bonds is 7. The fourth-order valence-electron chi connectivity index (χ4n) is 2.01. The number of hydrogen-bond acceptors (Lipinski definition) is 4. The van der Waals surface area contributed by atoms with Crippen LogP contribution in [0.2, 0.25) is 0 Å². The summed E-state index contributed by atoms with van der Waals surface area (Å²) in [6, 6.07) is 2.97. The highest BCUT2D eigenvalue weighted by Crippen LogP contribution is 2.20. The first-order valence-corrected chi connectivity index (χ1v) is 6.59. The summed E-state index contributed by atoms with van der Waals surface area (Å²) in [4.78, 5) is 6.70. The van der Waals surface area contributed by atoms with Crippen LogP contribution in [0.4, 0.5) is 5.82 Å². The Labute approximate surface area is 109 Å². The van der Waals surface area contributed by atoms with E-state index in [-0.39, 0.29) is 0 Å². The molecule has 100 valence electrons. The zero-order valence-corrected chi connectivity index (χ0v) is 11.6. The van der Waals surface area contributed by atoms with Crippen LogP contribution in [0.1, 0.15) is 24.0 Å². The van der Waals surface area contributed by atoms with Crippen LogP contribution in [-0.2, 0) is 11.3 Å². The van der Waals surface area contributed by atoms with Gasteiger partial charge in [-0.15, -0.1) is 0 Å². The molecule has 0 bridgehead atoms. The number of aryl methyl sites for hydroxylation is 1. The minimum Gasteiger partial charge on any atom is -0.383 e. The monoisotopic (exact) mass is 249 g/mol. The van der Waals surface area contributed by atoms with Gasteiger partial charge in [0.2, 0.25) is 0 Å². The molecule has 18 heavy (non-hydrogen) atoms. The van der Waals surface area contributed by atoms with Gasteiger partial charge in [-0.1, -0.05) is 0 Å². The highest BCUT2D eigenvalue weighted by molar-refractivity contribution is 5.46. The molecule has 1 aromatic heterocycles. The molecule has 0 aliphatic heterocycles. The van der Waals surface area contributed by atoms with Gasteiger partial charge in [0, 0.05) is 39.5 Å². The SMILES string of the molecule is COCCN(C)c1ncc(CNC2CC2)cc1C. The Kier molecular flexibility index (Phi) is 4.55. The van der Waals surface area contributed by atoms with Gasteiger partial charge >= 0.3 is 0 Å². The highest BCUT2D eigenvalue weighted by Gasteiger charge is 2.20. The third-order valence-electron chi connectivity index (χ3n) is 3.27. The first-order chi connectivity index (χ1) is 8.70. The number of hydrogen-bond donors (Lipinski definition) is 1. The third kappa shape index (κ3) is 3.68. The average molecular weight is 249 g/mol. The Morgan fingerprint density at radius 3 is 2.89 bits per heavy atom. The van der Waals surface area contributed by atoms with Gasteiger partial charge in [-0.3, -0.25) is 0 Å². The van der Waals surface area contributed by atoms with Gasteiger partial charge in [0.05, 0.1) is 6.61 Å². The number of nitrogens with zero attached hydrogens (tertiary/aromatic N) is 2. The summed E-state index contributed by atoms with van der Waals surface area (Å²) in [5, 5.41) is 3.51. The minimum atomic E-state index is 0.725. The summed E-state index contributed by atoms with van der Waals surface area (Å²) in [5.74, 6) is 1.04. The van der Waals surface area contributed by atoms with Crippen LogP contribution in [0.5, 0.6) is 0 Å². The normalized spacial score (nSPS) is 14.8. The molecule has 0 amide bonds. The van der Waals surface area contributed by atoms with Crippen molar-refractivity contribution in [2.24, 2.45) is 0 Å². The molecule has 1 N–H and O–H groups in total. The second kappa shape index (κ2) is 6.16. The molecule has 1 aromatic rings. The molecular formula is C14H23N3O. The number of aromatic nitrogens is 1. The summed E-state index contributed by atoms with van der Waals surface area (Å²) < 4.78 is 5.09. The van der Waals surface area contributed by atoms with Crippen molar-refractivity contribution in [1.82, 2.24) is 10.3 Å². The summed E-state index contributed by atoms with van der Waals surface area (Å²) in [5.41, 5.74) is 2.49. The molecule has 0 atom stereocenters. The van der Waals surface area contributed by atoms with Crippen molar-refractivity contribution in [2.45, 2.75) is 32.4 Å². The Morgan fingerprint density at radius 2 is 2.28 bits per heavy atom. The van der Waals surface area contributed by atoms with Crippen molar-refractivity contribution in [3.63, 3.8) is 0 Å². The topological polar surface area (TPSA) is 37.4 Å². The van der Waals surface area contributed by atoms with Gasteiger partial charge in [0.25, 0.3) is 0 Å². The van der Waals surface area contributed by atoms with Crippen molar-refractivity contribution < 1.29 is 4.74 Å². The van der Waals surface area contributed by atoms with Gasteiger partial charge in [-0.2, -0.15) is 0 Å². The molecular weight excluding hydrogens is 226 g/mol. The van der Waals surface area contributed by atoms with Crippen LogP contribution in [-0.4, -0.2) is 38.3 Å². The summed E-state index contributed by atoms with van der Waals surface area (Å²) in [7, 11) is 3.78. The van der Waals surface area contributed by atoms with Gasteiger partial charge in [-0.05, 0) is 37.0 Å². The van der Waals surface area contributed by atoms with E-state index in [2.05, 4.69) is 35.2 Å². The van der Waals surface area contributed by atoms with E-state index in [0.717, 1.165) is 31.6 Å². The second-order valence-corrected chi connectivity index (χ2v) is 5.05. The van der Waals surface area contributed by atoms with Crippen molar-refractivity contribution in [3.05, 3.63) is 23.4 Å². The number of ether oxygens (including phenoxy) is 1. The maximum atomic E-state index is 5.09. The molecule has 0 aromatic carbocycles. The quantitative estimate of drug-likeness (QED) is 0.798. The lowest BCUT2D eigenvalue weighted by Crippen LogP contribution is -2.24. The largest absolute Gasteiger partial charge is 0.383 e. The van der Waals surface area contributed by atoms with Crippen LogP contribution in [0.25, 0.3) is 0 Å². The number of pyridine rings is 1. The molecule has 0 radical (unpaired) electrons. The maximum absolute atomic E-state index is 5.09. The highest BCUT2D eigenvalue weighted by atomic mass is 16.5. The Morgan fingerprint density at radius 1 is 1.50 bits per heavy atom. The fraction of sp³-hybridized carbons (Fsp3) is 0.643. The Hall–Kier alpha value is -1.13. The second-order valence-electron chi connectivity index (χ2n) is 5.05. The van der Waals surface area contributed by atoms with Crippen LogP contribution < -0.4 is 10.2 Å². The standard InChI is InChI=1S/C14H23N3O/c1-11-8-12(9-15-13-4-5-13)10-16-14(11)17(2)6-7-18-3/h8,10,13,15H,4-7,9H2,1-3H3. The average Bonchev–Trinajstić information content (AvgIpc) is 3.17. The fourth-order valence-corrected chi connectivity index (χ4v) is 2.01. The van der Waals surface area contributed by atoms with Crippen molar-refractivity contribution in [3.8, 4) is 0 Å². The summed E-state index contributed by atoms with van der Waals surface area (Å²) >= 11 is 0. The third-order valence-corrected chi connectivity index (χ3v) is 3.27. The molecule has 4 heteroatoms. The van der Waals surface area contributed by atoms with E-state index in [1.165, 1.54) is 24.0 Å². The lowest BCUT2D eigenvalue weighted by atomic mass is 10.2. The molecule has 1 aliphatic carbocycles. The van der Waals surface area contributed by atoms with Gasteiger partial charge < -0.3 is 15.0 Å². The molecule has 0 unspecified atom stereocenters. The molecule has 4 nitrogen and oxygen atoms in total. The van der Waals surface area contributed by atoms with Crippen molar-refractivity contribution >= 4 is 5.82 Å². The molecule has 1 aliphatic rings. The van der Waals surface area contributed by atoms with E-state index in [1.807, 2.05) is 6.20 Å².